The minimum absolute atomic E-state index is 0.0643. The van der Waals surface area contributed by atoms with E-state index in [1.54, 1.807) is 19.9 Å². The lowest BCUT2D eigenvalue weighted by atomic mass is 10.1. The topological polar surface area (TPSA) is 140 Å². The second-order valence-electron chi connectivity index (χ2n) is 10.2. The number of hydrogen-bond donors (Lipinski definition) is 1. The Morgan fingerprint density at radius 2 is 1.37 bits per heavy atom. The van der Waals surface area contributed by atoms with Crippen molar-refractivity contribution in [1.29, 1.82) is 0 Å². The van der Waals surface area contributed by atoms with Gasteiger partial charge in [-0.1, -0.05) is 47.1 Å². The molecule has 1 rings (SSSR count). The fourth-order valence-corrected chi connectivity index (χ4v) is 3.12. The van der Waals surface area contributed by atoms with E-state index in [1.165, 1.54) is 12.1 Å². The maximum atomic E-state index is 12.6. The number of unbranched alkanes of at least 4 members (excludes halogenated alkanes) is 1. The summed E-state index contributed by atoms with van der Waals surface area (Å²) in [4.78, 5) is 48.8. The van der Waals surface area contributed by atoms with Crippen LogP contribution in [0.4, 0.5) is 4.79 Å². The van der Waals surface area contributed by atoms with E-state index in [-0.39, 0.29) is 49.2 Å². The standard InChI is InChI=1S/C28H43NO9/c1-8-9-12-34-28(33)36-20(7)19(6)35-27(32)22(29)15-21-10-11-23(37-25(30)13-17(2)3)24(16-21)38-26(31)14-18(4)5/h10-11,16-20,22H,8-9,12-15,29H2,1-7H3/t19-,20-,22-/m0/s1. The molecular weight excluding hydrogens is 494 g/mol. The van der Waals surface area contributed by atoms with Crippen LogP contribution in [0.25, 0.3) is 0 Å². The number of rotatable bonds is 15. The van der Waals surface area contributed by atoms with Gasteiger partial charge in [-0.3, -0.25) is 14.4 Å². The van der Waals surface area contributed by atoms with E-state index in [9.17, 15) is 19.2 Å². The zero-order valence-corrected chi connectivity index (χ0v) is 23.6. The van der Waals surface area contributed by atoms with Gasteiger partial charge in [0.1, 0.15) is 18.2 Å². The lowest BCUT2D eigenvalue weighted by Crippen LogP contribution is -2.39. The van der Waals surface area contributed by atoms with Crippen LogP contribution in [-0.2, 0) is 35.0 Å². The molecule has 0 heterocycles. The summed E-state index contributed by atoms with van der Waals surface area (Å²) >= 11 is 0. The van der Waals surface area contributed by atoms with Gasteiger partial charge in [0.15, 0.2) is 11.5 Å². The van der Waals surface area contributed by atoms with E-state index in [0.717, 1.165) is 12.8 Å². The Balaban J connectivity index is 2.86. The molecule has 0 saturated heterocycles. The largest absolute Gasteiger partial charge is 0.508 e. The van der Waals surface area contributed by atoms with E-state index >= 15 is 0 Å². The molecule has 38 heavy (non-hydrogen) atoms. The quantitative estimate of drug-likeness (QED) is 0.190. The third kappa shape index (κ3) is 12.9. The maximum Gasteiger partial charge on any atom is 0.508 e. The summed E-state index contributed by atoms with van der Waals surface area (Å²) in [6.45, 7) is 12.9. The summed E-state index contributed by atoms with van der Waals surface area (Å²) in [5, 5.41) is 0. The fourth-order valence-electron chi connectivity index (χ4n) is 3.12. The van der Waals surface area contributed by atoms with Gasteiger partial charge in [-0.05, 0) is 56.2 Å². The summed E-state index contributed by atoms with van der Waals surface area (Å²) in [6, 6.07) is 3.61. The van der Waals surface area contributed by atoms with E-state index in [1.807, 2.05) is 34.6 Å². The first-order valence-corrected chi connectivity index (χ1v) is 13.2. The average molecular weight is 538 g/mol. The van der Waals surface area contributed by atoms with Crippen molar-refractivity contribution in [2.75, 3.05) is 6.61 Å². The fraction of sp³-hybridized carbons (Fsp3) is 0.643. The number of carbonyl (C=O) groups is 4. The minimum Gasteiger partial charge on any atom is -0.458 e. The van der Waals surface area contributed by atoms with Gasteiger partial charge in [0.05, 0.1) is 6.61 Å². The van der Waals surface area contributed by atoms with Crippen molar-refractivity contribution in [2.24, 2.45) is 17.6 Å². The molecule has 0 spiro atoms. The lowest BCUT2D eigenvalue weighted by Gasteiger charge is -2.22. The van der Waals surface area contributed by atoms with Crippen LogP contribution in [0, 0.1) is 11.8 Å². The van der Waals surface area contributed by atoms with Crippen LogP contribution in [0.15, 0.2) is 18.2 Å². The number of benzene rings is 1. The first-order chi connectivity index (χ1) is 17.8. The monoisotopic (exact) mass is 537 g/mol. The summed E-state index contributed by atoms with van der Waals surface area (Å²) in [5.74, 6) is -1.27. The second-order valence-corrected chi connectivity index (χ2v) is 10.2. The summed E-state index contributed by atoms with van der Waals surface area (Å²) in [7, 11) is 0. The molecule has 0 aliphatic rings. The molecule has 0 aliphatic carbocycles. The highest BCUT2D eigenvalue weighted by molar-refractivity contribution is 5.77. The van der Waals surface area contributed by atoms with Gasteiger partial charge in [0, 0.05) is 12.8 Å². The Kier molecular flexibility index (Phi) is 14.4. The average Bonchev–Trinajstić information content (AvgIpc) is 2.79. The van der Waals surface area contributed by atoms with Gasteiger partial charge in [0.2, 0.25) is 0 Å². The van der Waals surface area contributed by atoms with Gasteiger partial charge in [-0.25, -0.2) is 4.79 Å². The van der Waals surface area contributed by atoms with Gasteiger partial charge >= 0.3 is 24.1 Å². The van der Waals surface area contributed by atoms with Crippen LogP contribution in [0.1, 0.15) is 79.7 Å². The number of esters is 3. The molecular formula is C28H43NO9. The van der Waals surface area contributed by atoms with E-state index < -0.39 is 42.3 Å². The lowest BCUT2D eigenvalue weighted by molar-refractivity contribution is -0.155. The van der Waals surface area contributed by atoms with Crippen LogP contribution in [0.2, 0.25) is 0 Å². The Labute approximate surface area is 225 Å². The number of nitrogens with two attached hydrogens (primary N) is 1. The van der Waals surface area contributed by atoms with Crippen LogP contribution >= 0.6 is 0 Å². The highest BCUT2D eigenvalue weighted by Gasteiger charge is 2.25. The molecule has 0 saturated carbocycles. The smallest absolute Gasteiger partial charge is 0.458 e. The van der Waals surface area contributed by atoms with Crippen molar-refractivity contribution in [3.05, 3.63) is 23.8 Å². The predicted octanol–water partition coefficient (Wildman–Crippen LogP) is 4.73. The summed E-state index contributed by atoms with van der Waals surface area (Å²) in [6.07, 6.45) is -0.282. The maximum absolute atomic E-state index is 12.6. The Morgan fingerprint density at radius 3 is 1.92 bits per heavy atom. The van der Waals surface area contributed by atoms with E-state index in [4.69, 9.17) is 29.4 Å². The molecule has 2 N–H and O–H groups in total. The molecule has 0 amide bonds. The second kappa shape index (κ2) is 16.7. The molecule has 0 unspecified atom stereocenters. The van der Waals surface area contributed by atoms with E-state index in [2.05, 4.69) is 0 Å². The SMILES string of the molecule is CCCCOC(=O)O[C@@H](C)[C@H](C)OC(=O)[C@@H](N)Cc1ccc(OC(=O)CC(C)C)c(OC(=O)CC(C)C)c1. The zero-order valence-electron chi connectivity index (χ0n) is 23.6. The van der Waals surface area contributed by atoms with Gasteiger partial charge in [-0.15, -0.1) is 0 Å². The van der Waals surface area contributed by atoms with Gasteiger partial charge in [0.25, 0.3) is 0 Å². The predicted molar refractivity (Wildman–Crippen MR) is 141 cm³/mol. The molecule has 3 atom stereocenters. The summed E-state index contributed by atoms with van der Waals surface area (Å²) in [5.41, 5.74) is 6.64. The summed E-state index contributed by atoms with van der Waals surface area (Å²) < 4.78 is 26.4. The van der Waals surface area contributed by atoms with Crippen molar-refractivity contribution < 1.29 is 42.9 Å². The van der Waals surface area contributed by atoms with Gasteiger partial charge < -0.3 is 29.4 Å². The third-order valence-electron chi connectivity index (χ3n) is 5.33. The van der Waals surface area contributed by atoms with Gasteiger partial charge in [-0.2, -0.15) is 0 Å². The molecule has 1 aromatic carbocycles. The zero-order chi connectivity index (χ0) is 28.8. The molecule has 214 valence electrons. The molecule has 10 heteroatoms. The Morgan fingerprint density at radius 1 is 0.816 bits per heavy atom. The number of ether oxygens (including phenoxy) is 5. The highest BCUT2D eigenvalue weighted by Crippen LogP contribution is 2.30. The molecule has 0 bridgehead atoms. The number of carbonyl (C=O) groups excluding carboxylic acids is 4. The van der Waals surface area contributed by atoms with Crippen molar-refractivity contribution >= 4 is 24.1 Å². The van der Waals surface area contributed by atoms with Crippen molar-refractivity contribution in [2.45, 2.75) is 98.8 Å². The first-order valence-electron chi connectivity index (χ1n) is 13.2. The third-order valence-corrected chi connectivity index (χ3v) is 5.33. The molecule has 0 radical (unpaired) electrons. The minimum atomic E-state index is -1.05. The van der Waals surface area contributed by atoms with Crippen molar-refractivity contribution in [3.8, 4) is 11.5 Å². The normalized spacial score (nSPS) is 13.4. The first kappa shape index (κ1) is 32.9. The van der Waals surface area contributed by atoms with E-state index in [0.29, 0.717) is 5.56 Å². The van der Waals surface area contributed by atoms with Crippen LogP contribution in [-0.4, -0.2) is 48.9 Å². The molecule has 0 fully saturated rings. The molecule has 10 nitrogen and oxygen atoms in total. The highest BCUT2D eigenvalue weighted by atomic mass is 16.7. The molecule has 1 aromatic rings. The van der Waals surface area contributed by atoms with Crippen LogP contribution in [0.5, 0.6) is 11.5 Å². The molecule has 0 aliphatic heterocycles. The van der Waals surface area contributed by atoms with Crippen LogP contribution < -0.4 is 15.2 Å². The molecule has 0 aromatic heterocycles. The van der Waals surface area contributed by atoms with Crippen molar-refractivity contribution in [3.63, 3.8) is 0 Å². The van der Waals surface area contributed by atoms with Crippen molar-refractivity contribution in [1.82, 2.24) is 0 Å². The Bertz CT molecular complexity index is 929. The Hall–Kier alpha value is -3.14. The number of hydrogen-bond acceptors (Lipinski definition) is 10. The van der Waals surface area contributed by atoms with Crippen LogP contribution in [0.3, 0.4) is 0 Å².